The van der Waals surface area contributed by atoms with Crippen molar-refractivity contribution in [1.82, 2.24) is 0 Å². The van der Waals surface area contributed by atoms with Crippen LogP contribution in [0.15, 0.2) is 34.8 Å². The topological polar surface area (TPSA) is 89.5 Å². The molecule has 2 aromatic rings. The number of nitro benzene ring substituents is 2. The van der Waals surface area contributed by atoms with E-state index < -0.39 is 62.6 Å². The van der Waals surface area contributed by atoms with Crippen LogP contribution in [-0.2, 0) is 12.4 Å². The predicted octanol–water partition coefficient (Wildman–Crippen LogP) is 6.85. The average Bonchev–Trinajstić information content (AvgIpc) is 2.63. The lowest BCUT2D eigenvalue weighted by atomic mass is 10.0. The average molecular weight is 516 g/mol. The number of nitro groups is 2. The SMILES string of the molecule is CCCN(c1ccc(Br)cc1C(F)(F)F)c1c([N+](=O)[O-])cc([N+](=O)[O-])cc1C(F)(F)F. The van der Waals surface area contributed by atoms with Gasteiger partial charge in [0.1, 0.15) is 5.69 Å². The number of hydrogen-bond donors (Lipinski definition) is 0. The van der Waals surface area contributed by atoms with Crippen molar-refractivity contribution in [1.29, 1.82) is 0 Å². The third kappa shape index (κ3) is 5.24. The van der Waals surface area contributed by atoms with Crippen LogP contribution in [0.3, 0.4) is 0 Å². The molecule has 168 valence electrons. The summed E-state index contributed by atoms with van der Waals surface area (Å²) in [5.41, 5.74) is -7.66. The molecule has 2 aromatic carbocycles. The smallest absolute Gasteiger partial charge is 0.335 e. The van der Waals surface area contributed by atoms with E-state index >= 15 is 0 Å². The van der Waals surface area contributed by atoms with Crippen molar-refractivity contribution < 1.29 is 36.2 Å². The Labute approximate surface area is 178 Å². The fraction of sp³-hybridized carbons (Fsp3) is 0.294. The van der Waals surface area contributed by atoms with Crippen LogP contribution in [0, 0.1) is 20.2 Å². The lowest BCUT2D eigenvalue weighted by Gasteiger charge is -2.29. The first-order chi connectivity index (χ1) is 14.2. The molecule has 0 aliphatic rings. The zero-order valence-corrected chi connectivity index (χ0v) is 17.0. The van der Waals surface area contributed by atoms with E-state index in [1.165, 1.54) is 6.92 Å². The number of benzene rings is 2. The third-order valence-corrected chi connectivity index (χ3v) is 4.55. The number of nitrogens with zero attached hydrogens (tertiary/aromatic N) is 3. The van der Waals surface area contributed by atoms with Gasteiger partial charge in [-0.15, -0.1) is 0 Å². The van der Waals surface area contributed by atoms with Gasteiger partial charge < -0.3 is 4.90 Å². The number of halogens is 7. The van der Waals surface area contributed by atoms with Crippen molar-refractivity contribution in [2.24, 2.45) is 0 Å². The molecule has 0 amide bonds. The highest BCUT2D eigenvalue weighted by Crippen LogP contribution is 2.49. The molecule has 0 saturated carbocycles. The lowest BCUT2D eigenvalue weighted by molar-refractivity contribution is -0.394. The lowest BCUT2D eigenvalue weighted by Crippen LogP contribution is -2.26. The normalized spacial score (nSPS) is 12.0. The van der Waals surface area contributed by atoms with Gasteiger partial charge in [-0.05, 0) is 24.6 Å². The predicted molar refractivity (Wildman–Crippen MR) is 101 cm³/mol. The molecule has 7 nitrogen and oxygen atoms in total. The van der Waals surface area contributed by atoms with Crippen molar-refractivity contribution >= 4 is 38.7 Å². The number of anilines is 2. The zero-order valence-electron chi connectivity index (χ0n) is 15.4. The van der Waals surface area contributed by atoms with E-state index in [1.807, 2.05) is 0 Å². The molecule has 0 heterocycles. The molecule has 0 aliphatic carbocycles. The Kier molecular flexibility index (Phi) is 6.83. The Morgan fingerprint density at radius 3 is 1.97 bits per heavy atom. The van der Waals surface area contributed by atoms with E-state index in [-0.39, 0.29) is 17.0 Å². The van der Waals surface area contributed by atoms with Crippen molar-refractivity contribution in [2.45, 2.75) is 25.7 Å². The summed E-state index contributed by atoms with van der Waals surface area (Å²) in [6, 6.07) is 2.99. The summed E-state index contributed by atoms with van der Waals surface area (Å²) in [7, 11) is 0. The Hall–Kier alpha value is -2.90. The third-order valence-electron chi connectivity index (χ3n) is 4.06. The Morgan fingerprint density at radius 2 is 1.52 bits per heavy atom. The molecule has 0 spiro atoms. The molecule has 0 atom stereocenters. The first-order valence-electron chi connectivity index (χ1n) is 8.36. The minimum atomic E-state index is -5.33. The van der Waals surface area contributed by atoms with Gasteiger partial charge in [-0.3, -0.25) is 20.2 Å². The summed E-state index contributed by atoms with van der Waals surface area (Å²) in [5.74, 6) is 0. The van der Waals surface area contributed by atoms with Crippen LogP contribution in [0.5, 0.6) is 0 Å². The molecule has 14 heteroatoms. The largest absolute Gasteiger partial charge is 0.418 e. The number of rotatable bonds is 6. The molecular weight excluding hydrogens is 504 g/mol. The van der Waals surface area contributed by atoms with E-state index in [4.69, 9.17) is 0 Å². The van der Waals surface area contributed by atoms with Gasteiger partial charge in [0.05, 0.1) is 32.7 Å². The fourth-order valence-electron chi connectivity index (χ4n) is 2.90. The maximum Gasteiger partial charge on any atom is 0.418 e. The monoisotopic (exact) mass is 515 g/mol. The quantitative estimate of drug-likeness (QED) is 0.238. The van der Waals surface area contributed by atoms with E-state index in [1.54, 1.807) is 0 Å². The van der Waals surface area contributed by atoms with Gasteiger partial charge in [0.25, 0.3) is 11.4 Å². The maximum absolute atomic E-state index is 13.7. The van der Waals surface area contributed by atoms with Crippen molar-refractivity contribution in [3.63, 3.8) is 0 Å². The van der Waals surface area contributed by atoms with Gasteiger partial charge in [0.15, 0.2) is 0 Å². The standard InChI is InChI=1S/C17H12BrF6N3O4/c1-2-5-25(13-4-3-9(18)6-11(13)16(19,20)21)15-12(17(22,23)24)7-10(26(28)29)8-14(15)27(30)31/h3-4,6-8H,2,5H2,1H3. The molecule has 0 unspecified atom stereocenters. The van der Waals surface area contributed by atoms with Crippen LogP contribution in [-0.4, -0.2) is 16.4 Å². The van der Waals surface area contributed by atoms with Gasteiger partial charge in [0, 0.05) is 17.1 Å². The zero-order chi connectivity index (χ0) is 23.7. The molecule has 0 radical (unpaired) electrons. The number of alkyl halides is 6. The minimum absolute atomic E-state index is 0.0127. The van der Waals surface area contributed by atoms with Crippen molar-refractivity contribution in [3.8, 4) is 0 Å². The second-order valence-electron chi connectivity index (χ2n) is 6.18. The van der Waals surface area contributed by atoms with E-state index in [2.05, 4.69) is 15.9 Å². The summed E-state index contributed by atoms with van der Waals surface area (Å²) in [5, 5.41) is 22.5. The van der Waals surface area contributed by atoms with Crippen LogP contribution >= 0.6 is 15.9 Å². The molecule has 31 heavy (non-hydrogen) atoms. The molecule has 0 aromatic heterocycles. The molecule has 2 rings (SSSR count). The van der Waals surface area contributed by atoms with Crippen LogP contribution in [0.25, 0.3) is 0 Å². The highest BCUT2D eigenvalue weighted by molar-refractivity contribution is 9.10. The summed E-state index contributed by atoms with van der Waals surface area (Å²) in [4.78, 5) is 20.5. The second kappa shape index (κ2) is 8.69. The summed E-state index contributed by atoms with van der Waals surface area (Å²) < 4.78 is 82.1. The minimum Gasteiger partial charge on any atom is -0.335 e. The molecule has 0 fully saturated rings. The van der Waals surface area contributed by atoms with Crippen LogP contribution < -0.4 is 4.90 Å². The number of hydrogen-bond acceptors (Lipinski definition) is 5. The van der Waals surface area contributed by atoms with Crippen LogP contribution in [0.4, 0.5) is 49.1 Å². The summed E-state index contributed by atoms with van der Waals surface area (Å²) in [6.07, 6.45) is -10.3. The Balaban J connectivity index is 3.00. The summed E-state index contributed by atoms with van der Waals surface area (Å²) >= 11 is 2.86. The Bertz CT molecular complexity index is 1030. The summed E-state index contributed by atoms with van der Waals surface area (Å²) in [6.45, 7) is 0.982. The molecule has 0 bridgehead atoms. The van der Waals surface area contributed by atoms with E-state index in [0.717, 1.165) is 12.1 Å². The van der Waals surface area contributed by atoms with E-state index in [9.17, 15) is 46.6 Å². The molecule has 0 N–H and O–H groups in total. The van der Waals surface area contributed by atoms with Crippen LogP contribution in [0.1, 0.15) is 24.5 Å². The molecule has 0 aliphatic heterocycles. The van der Waals surface area contributed by atoms with Crippen molar-refractivity contribution in [2.75, 3.05) is 11.4 Å². The highest BCUT2D eigenvalue weighted by atomic mass is 79.9. The highest BCUT2D eigenvalue weighted by Gasteiger charge is 2.43. The van der Waals surface area contributed by atoms with Gasteiger partial charge in [-0.1, -0.05) is 22.9 Å². The van der Waals surface area contributed by atoms with Crippen LogP contribution in [0.2, 0.25) is 0 Å². The van der Waals surface area contributed by atoms with E-state index in [0.29, 0.717) is 17.0 Å². The first kappa shape index (κ1) is 24.4. The Morgan fingerprint density at radius 1 is 0.935 bits per heavy atom. The van der Waals surface area contributed by atoms with Gasteiger partial charge >= 0.3 is 12.4 Å². The second-order valence-corrected chi connectivity index (χ2v) is 7.10. The molecule has 0 saturated heterocycles. The maximum atomic E-state index is 13.7. The number of non-ortho nitro benzene ring substituents is 1. The molecular formula is C17H12BrF6N3O4. The van der Waals surface area contributed by atoms with Gasteiger partial charge in [0.2, 0.25) is 0 Å². The van der Waals surface area contributed by atoms with Gasteiger partial charge in [-0.25, -0.2) is 0 Å². The van der Waals surface area contributed by atoms with Crippen molar-refractivity contribution in [3.05, 3.63) is 66.2 Å². The first-order valence-corrected chi connectivity index (χ1v) is 9.16. The fourth-order valence-corrected chi connectivity index (χ4v) is 3.26. The van der Waals surface area contributed by atoms with Gasteiger partial charge in [-0.2, -0.15) is 26.3 Å².